The largest absolute Gasteiger partial charge is 0.496 e. The Morgan fingerprint density at radius 2 is 1.91 bits per heavy atom. The molecular formula is C28H34N4O2S. The predicted molar refractivity (Wildman–Crippen MR) is 139 cm³/mol. The Balaban J connectivity index is 1.29. The summed E-state index contributed by atoms with van der Waals surface area (Å²) in [5, 5.41) is 13.0. The Hall–Kier alpha value is -2.80. The molecule has 2 saturated carbocycles. The summed E-state index contributed by atoms with van der Waals surface area (Å²) in [5.41, 5.74) is 2.15. The maximum absolute atomic E-state index is 12.8. The Kier molecular flexibility index (Phi) is 7.42. The van der Waals surface area contributed by atoms with Crippen LogP contribution in [0, 0.1) is 17.8 Å². The van der Waals surface area contributed by atoms with Crippen molar-refractivity contribution in [1.82, 2.24) is 20.1 Å². The van der Waals surface area contributed by atoms with Crippen molar-refractivity contribution in [2.45, 2.75) is 56.8 Å². The number of carbonyl (C=O) groups is 1. The number of thioether (sulfide) groups is 1. The van der Waals surface area contributed by atoms with Gasteiger partial charge in [0.1, 0.15) is 5.75 Å². The summed E-state index contributed by atoms with van der Waals surface area (Å²) >= 11 is 1.46. The Labute approximate surface area is 211 Å². The number of aromatic nitrogens is 3. The number of benzene rings is 2. The number of para-hydroxylation sites is 1. The fourth-order valence-corrected chi connectivity index (χ4v) is 6.73. The maximum atomic E-state index is 12.8. The predicted octanol–water partition coefficient (Wildman–Crippen LogP) is 5.23. The van der Waals surface area contributed by atoms with Gasteiger partial charge in [0, 0.05) is 12.6 Å². The number of amides is 1. The van der Waals surface area contributed by atoms with Gasteiger partial charge in [0.25, 0.3) is 0 Å². The van der Waals surface area contributed by atoms with Crippen molar-refractivity contribution >= 4 is 17.7 Å². The summed E-state index contributed by atoms with van der Waals surface area (Å²) in [6.07, 6.45) is 6.19. The summed E-state index contributed by atoms with van der Waals surface area (Å²) in [7, 11) is 1.67. The highest BCUT2D eigenvalue weighted by atomic mass is 32.2. The molecule has 2 aliphatic rings. The van der Waals surface area contributed by atoms with E-state index in [1.165, 1.54) is 43.0 Å². The van der Waals surface area contributed by atoms with Gasteiger partial charge >= 0.3 is 0 Å². The maximum Gasteiger partial charge on any atom is 0.230 e. The lowest BCUT2D eigenvalue weighted by Crippen LogP contribution is -2.40. The first-order valence-electron chi connectivity index (χ1n) is 12.6. The molecule has 4 atom stereocenters. The van der Waals surface area contributed by atoms with Gasteiger partial charge in [0.05, 0.1) is 18.4 Å². The van der Waals surface area contributed by atoms with Crippen LogP contribution in [0.25, 0.3) is 11.4 Å². The Morgan fingerprint density at radius 1 is 1.11 bits per heavy atom. The second-order valence-corrected chi connectivity index (χ2v) is 10.8. The lowest BCUT2D eigenvalue weighted by Gasteiger charge is -2.28. The molecule has 4 unspecified atom stereocenters. The highest BCUT2D eigenvalue weighted by molar-refractivity contribution is 7.99. The SMILES string of the molecule is COc1ccccc1-c1nnc(SCC(=O)NC(C)C2CC3CCC2C3)n1CCc1ccccc1. The van der Waals surface area contributed by atoms with Gasteiger partial charge in [-0.1, -0.05) is 60.6 Å². The van der Waals surface area contributed by atoms with E-state index in [1.807, 2.05) is 30.3 Å². The summed E-state index contributed by atoms with van der Waals surface area (Å²) in [4.78, 5) is 12.8. The minimum absolute atomic E-state index is 0.0710. The van der Waals surface area contributed by atoms with Crippen LogP contribution in [0.15, 0.2) is 59.8 Å². The van der Waals surface area contributed by atoms with E-state index in [2.05, 4.69) is 51.3 Å². The van der Waals surface area contributed by atoms with Crippen LogP contribution in [0.2, 0.25) is 0 Å². The average Bonchev–Trinajstić information content (AvgIpc) is 3.63. The first kappa shape index (κ1) is 23.9. The molecule has 6 nitrogen and oxygen atoms in total. The van der Waals surface area contributed by atoms with Crippen molar-refractivity contribution in [3.63, 3.8) is 0 Å². The molecule has 3 aromatic rings. The zero-order valence-electron chi connectivity index (χ0n) is 20.5. The van der Waals surface area contributed by atoms with Gasteiger partial charge in [-0.15, -0.1) is 10.2 Å². The summed E-state index contributed by atoms with van der Waals surface area (Å²) in [5.74, 6) is 4.24. The van der Waals surface area contributed by atoms with Gasteiger partial charge in [-0.3, -0.25) is 4.79 Å². The number of hydrogen-bond acceptors (Lipinski definition) is 5. The number of nitrogens with one attached hydrogen (secondary N) is 1. The molecule has 1 aromatic heterocycles. The van der Waals surface area contributed by atoms with Crippen LogP contribution in [0.3, 0.4) is 0 Å². The standard InChI is InChI=1S/C28H34N4O2S/c1-19(24-17-21-12-13-22(24)16-21)29-26(33)18-35-28-31-30-27(23-10-6-7-11-25(23)34-2)32(28)15-14-20-8-4-3-5-9-20/h3-11,19,21-22,24H,12-18H2,1-2H3,(H,29,33). The van der Waals surface area contributed by atoms with Crippen molar-refractivity contribution < 1.29 is 9.53 Å². The highest BCUT2D eigenvalue weighted by Crippen LogP contribution is 2.49. The van der Waals surface area contributed by atoms with Crippen molar-refractivity contribution in [3.05, 3.63) is 60.2 Å². The molecule has 0 saturated heterocycles. The normalized spacial score (nSPS) is 21.7. The third kappa shape index (κ3) is 5.40. The second-order valence-electron chi connectivity index (χ2n) is 9.88. The minimum Gasteiger partial charge on any atom is -0.496 e. The van der Waals surface area contributed by atoms with Gasteiger partial charge in [-0.25, -0.2) is 0 Å². The molecule has 2 aliphatic carbocycles. The van der Waals surface area contributed by atoms with E-state index in [4.69, 9.17) is 4.74 Å². The molecule has 2 bridgehead atoms. The fourth-order valence-electron chi connectivity index (χ4n) is 5.95. The van der Waals surface area contributed by atoms with Crippen LogP contribution in [0.5, 0.6) is 5.75 Å². The third-order valence-corrected chi connectivity index (χ3v) is 8.65. The first-order chi connectivity index (χ1) is 17.1. The van der Waals surface area contributed by atoms with Crippen LogP contribution in [0.4, 0.5) is 0 Å². The number of fused-ring (bicyclic) bond motifs is 2. The van der Waals surface area contributed by atoms with E-state index >= 15 is 0 Å². The lowest BCUT2D eigenvalue weighted by atomic mass is 9.84. The third-order valence-electron chi connectivity index (χ3n) is 7.69. The number of methoxy groups -OCH3 is 1. The molecule has 0 radical (unpaired) electrons. The fraction of sp³-hybridized carbons (Fsp3) is 0.464. The minimum atomic E-state index is 0.0710. The number of hydrogen-bond donors (Lipinski definition) is 1. The Morgan fingerprint density at radius 3 is 2.66 bits per heavy atom. The molecule has 7 heteroatoms. The van der Waals surface area contributed by atoms with E-state index in [0.717, 1.165) is 47.1 Å². The molecule has 1 heterocycles. The van der Waals surface area contributed by atoms with E-state index < -0.39 is 0 Å². The monoisotopic (exact) mass is 490 g/mol. The van der Waals surface area contributed by atoms with Gasteiger partial charge in [0.2, 0.25) is 5.91 Å². The molecule has 35 heavy (non-hydrogen) atoms. The molecule has 5 rings (SSSR count). The van der Waals surface area contributed by atoms with Gasteiger partial charge in [-0.05, 0) is 68.1 Å². The number of carbonyl (C=O) groups excluding carboxylic acids is 1. The van der Waals surface area contributed by atoms with Gasteiger partial charge in [-0.2, -0.15) is 0 Å². The van der Waals surface area contributed by atoms with Gasteiger partial charge < -0.3 is 14.6 Å². The molecule has 2 fully saturated rings. The second kappa shape index (κ2) is 10.9. The number of ether oxygens (including phenoxy) is 1. The summed E-state index contributed by atoms with van der Waals surface area (Å²) in [6.45, 7) is 2.89. The van der Waals surface area contributed by atoms with E-state index in [-0.39, 0.29) is 11.9 Å². The zero-order valence-corrected chi connectivity index (χ0v) is 21.3. The molecule has 2 aromatic carbocycles. The van der Waals surface area contributed by atoms with Gasteiger partial charge in [0.15, 0.2) is 11.0 Å². The van der Waals surface area contributed by atoms with Crippen molar-refractivity contribution in [1.29, 1.82) is 0 Å². The molecule has 1 N–H and O–H groups in total. The molecule has 0 aliphatic heterocycles. The van der Waals surface area contributed by atoms with Crippen LogP contribution in [0.1, 0.15) is 38.2 Å². The molecule has 184 valence electrons. The number of rotatable bonds is 10. The summed E-state index contributed by atoms with van der Waals surface area (Å²) < 4.78 is 7.70. The smallest absolute Gasteiger partial charge is 0.230 e. The summed E-state index contributed by atoms with van der Waals surface area (Å²) in [6, 6.07) is 18.5. The Bertz CT molecular complexity index is 1150. The first-order valence-corrected chi connectivity index (χ1v) is 13.6. The number of nitrogens with zero attached hydrogens (tertiary/aromatic N) is 3. The quantitative estimate of drug-likeness (QED) is 0.394. The molecule has 0 spiro atoms. The molecular weight excluding hydrogens is 456 g/mol. The lowest BCUT2D eigenvalue weighted by molar-refractivity contribution is -0.119. The van der Waals surface area contributed by atoms with Crippen LogP contribution >= 0.6 is 11.8 Å². The zero-order chi connectivity index (χ0) is 24.2. The van der Waals surface area contributed by atoms with E-state index in [0.29, 0.717) is 11.7 Å². The number of aryl methyl sites for hydroxylation is 1. The van der Waals surface area contributed by atoms with Crippen LogP contribution < -0.4 is 10.1 Å². The average molecular weight is 491 g/mol. The van der Waals surface area contributed by atoms with E-state index in [1.54, 1.807) is 7.11 Å². The topological polar surface area (TPSA) is 69.0 Å². The van der Waals surface area contributed by atoms with Crippen LogP contribution in [-0.2, 0) is 17.8 Å². The highest BCUT2D eigenvalue weighted by Gasteiger charge is 2.42. The van der Waals surface area contributed by atoms with Crippen LogP contribution in [-0.4, -0.2) is 39.6 Å². The molecule has 1 amide bonds. The van der Waals surface area contributed by atoms with E-state index in [9.17, 15) is 4.79 Å². The van der Waals surface area contributed by atoms with Crippen molar-refractivity contribution in [3.8, 4) is 17.1 Å². The van der Waals surface area contributed by atoms with Crippen molar-refractivity contribution in [2.75, 3.05) is 12.9 Å². The van der Waals surface area contributed by atoms with Crippen molar-refractivity contribution in [2.24, 2.45) is 17.8 Å².